The monoisotopic (exact) mass is 323 g/mol. The number of rotatable bonds is 6. The molecule has 0 aliphatic rings. The molecule has 2 aromatic carbocycles. The molecule has 1 N–H and O–H groups in total. The summed E-state index contributed by atoms with van der Waals surface area (Å²) in [6.07, 6.45) is 1.87. The van der Waals surface area contributed by atoms with Gasteiger partial charge in [0.15, 0.2) is 0 Å². The first-order valence-electron chi connectivity index (χ1n) is 7.81. The second kappa shape index (κ2) is 7.08. The van der Waals surface area contributed by atoms with Crippen LogP contribution in [0.1, 0.15) is 11.1 Å². The van der Waals surface area contributed by atoms with Crippen molar-refractivity contribution in [3.8, 4) is 17.3 Å². The van der Waals surface area contributed by atoms with Gasteiger partial charge < -0.3 is 14.8 Å². The van der Waals surface area contributed by atoms with E-state index in [0.29, 0.717) is 12.5 Å². The third-order valence-corrected chi connectivity index (χ3v) is 3.94. The highest BCUT2D eigenvalue weighted by atomic mass is 16.5. The zero-order valence-corrected chi connectivity index (χ0v) is 14.1. The molecule has 0 spiro atoms. The number of nitrogens with one attached hydrogen (secondary N) is 1. The van der Waals surface area contributed by atoms with Crippen LogP contribution in [0.5, 0.6) is 11.6 Å². The quantitative estimate of drug-likeness (QED) is 0.749. The molecule has 0 saturated heterocycles. The van der Waals surface area contributed by atoms with Crippen LogP contribution in [0.25, 0.3) is 5.69 Å². The normalized spacial score (nSPS) is 10.5. The first-order chi connectivity index (χ1) is 11.7. The van der Waals surface area contributed by atoms with E-state index in [9.17, 15) is 0 Å². The van der Waals surface area contributed by atoms with Crippen LogP contribution in [-0.2, 0) is 6.61 Å². The smallest absolute Gasteiger partial charge is 0.233 e. The van der Waals surface area contributed by atoms with Crippen molar-refractivity contribution < 1.29 is 9.47 Å². The first kappa shape index (κ1) is 15.9. The maximum Gasteiger partial charge on any atom is 0.233 e. The van der Waals surface area contributed by atoms with Crippen molar-refractivity contribution in [2.24, 2.45) is 0 Å². The number of ether oxygens (including phenoxy) is 2. The van der Waals surface area contributed by atoms with Gasteiger partial charge in [0.2, 0.25) is 5.88 Å². The molecule has 0 atom stereocenters. The molecule has 124 valence electrons. The number of para-hydroxylation sites is 2. The molecule has 0 fully saturated rings. The molecule has 0 aliphatic heterocycles. The molecule has 1 heterocycles. The molecule has 24 heavy (non-hydrogen) atoms. The Kier molecular flexibility index (Phi) is 4.70. The Morgan fingerprint density at radius 3 is 2.71 bits per heavy atom. The number of anilines is 1. The first-order valence-corrected chi connectivity index (χ1v) is 7.81. The topological polar surface area (TPSA) is 48.3 Å². The Hall–Kier alpha value is -2.95. The summed E-state index contributed by atoms with van der Waals surface area (Å²) in [5, 5.41) is 7.68. The molecule has 3 rings (SSSR count). The van der Waals surface area contributed by atoms with Crippen LogP contribution in [-0.4, -0.2) is 23.9 Å². The summed E-state index contributed by atoms with van der Waals surface area (Å²) in [5.74, 6) is 1.34. The van der Waals surface area contributed by atoms with Gasteiger partial charge in [0, 0.05) is 30.6 Å². The van der Waals surface area contributed by atoms with Gasteiger partial charge in [-0.1, -0.05) is 24.3 Å². The summed E-state index contributed by atoms with van der Waals surface area (Å²) in [6.45, 7) is 2.54. The molecule has 0 amide bonds. The number of hydrogen-bond donors (Lipinski definition) is 1. The van der Waals surface area contributed by atoms with Crippen LogP contribution < -0.4 is 14.8 Å². The lowest BCUT2D eigenvalue weighted by molar-refractivity contribution is 0.291. The standard InChI is InChI=1S/C19H21N3O2/c1-14-7-6-8-16(20-2)15(14)13-24-19-11-12-22(21-19)17-9-4-5-10-18(17)23-3/h4-12,20H,13H2,1-3H3. The highest BCUT2D eigenvalue weighted by molar-refractivity contribution is 5.54. The minimum atomic E-state index is 0.464. The maximum absolute atomic E-state index is 5.88. The number of benzene rings is 2. The van der Waals surface area contributed by atoms with Crippen molar-refractivity contribution in [3.63, 3.8) is 0 Å². The molecule has 3 aromatic rings. The van der Waals surface area contributed by atoms with Crippen molar-refractivity contribution in [1.82, 2.24) is 9.78 Å². The van der Waals surface area contributed by atoms with Crippen molar-refractivity contribution in [1.29, 1.82) is 0 Å². The Morgan fingerprint density at radius 2 is 1.92 bits per heavy atom. The Bertz CT molecular complexity index is 827. The summed E-state index contributed by atoms with van der Waals surface area (Å²) >= 11 is 0. The molecule has 5 nitrogen and oxygen atoms in total. The zero-order chi connectivity index (χ0) is 16.9. The number of aryl methyl sites for hydroxylation is 1. The van der Waals surface area contributed by atoms with Gasteiger partial charge in [-0.15, -0.1) is 5.10 Å². The number of hydrogen-bond acceptors (Lipinski definition) is 4. The van der Waals surface area contributed by atoms with Gasteiger partial charge in [-0.3, -0.25) is 0 Å². The average Bonchev–Trinajstić information content (AvgIpc) is 3.09. The van der Waals surface area contributed by atoms with E-state index in [4.69, 9.17) is 9.47 Å². The number of aromatic nitrogens is 2. The van der Waals surface area contributed by atoms with Crippen LogP contribution in [0.15, 0.2) is 54.7 Å². The molecular weight excluding hydrogens is 302 g/mol. The second-order valence-electron chi connectivity index (χ2n) is 5.41. The third-order valence-electron chi connectivity index (χ3n) is 3.94. The molecule has 0 radical (unpaired) electrons. The molecular formula is C19H21N3O2. The van der Waals surface area contributed by atoms with Crippen molar-refractivity contribution >= 4 is 5.69 Å². The summed E-state index contributed by atoms with van der Waals surface area (Å²) < 4.78 is 13.0. The third kappa shape index (κ3) is 3.20. The summed E-state index contributed by atoms with van der Waals surface area (Å²) in [6, 6.07) is 15.7. The molecule has 1 aromatic heterocycles. The summed E-state index contributed by atoms with van der Waals surface area (Å²) in [7, 11) is 3.56. The Morgan fingerprint density at radius 1 is 1.08 bits per heavy atom. The molecule has 0 aliphatic carbocycles. The van der Waals surface area contributed by atoms with E-state index >= 15 is 0 Å². The van der Waals surface area contributed by atoms with Gasteiger partial charge in [-0.05, 0) is 30.7 Å². The van der Waals surface area contributed by atoms with Gasteiger partial charge >= 0.3 is 0 Å². The average molecular weight is 323 g/mol. The minimum Gasteiger partial charge on any atom is -0.494 e. The summed E-state index contributed by atoms with van der Waals surface area (Å²) in [5.41, 5.74) is 4.26. The van der Waals surface area contributed by atoms with Crippen molar-refractivity contribution in [2.45, 2.75) is 13.5 Å². The Labute approximate surface area is 141 Å². The van der Waals surface area contributed by atoms with Crippen LogP contribution in [0, 0.1) is 6.92 Å². The molecule has 0 bridgehead atoms. The van der Waals surface area contributed by atoms with Gasteiger partial charge in [0.05, 0.1) is 7.11 Å². The highest BCUT2D eigenvalue weighted by Crippen LogP contribution is 2.24. The second-order valence-corrected chi connectivity index (χ2v) is 5.41. The van der Waals surface area contributed by atoms with E-state index in [-0.39, 0.29) is 0 Å². The summed E-state index contributed by atoms with van der Waals surface area (Å²) in [4.78, 5) is 0. The highest BCUT2D eigenvalue weighted by Gasteiger charge is 2.09. The van der Waals surface area contributed by atoms with Crippen molar-refractivity contribution in [3.05, 3.63) is 65.9 Å². The predicted octanol–water partition coefficient (Wildman–Crippen LogP) is 3.81. The van der Waals surface area contributed by atoms with Gasteiger partial charge in [-0.25, -0.2) is 4.68 Å². The number of methoxy groups -OCH3 is 1. The fourth-order valence-corrected chi connectivity index (χ4v) is 2.61. The van der Waals surface area contributed by atoms with Crippen molar-refractivity contribution in [2.75, 3.05) is 19.5 Å². The molecule has 5 heteroatoms. The number of nitrogens with zero attached hydrogens (tertiary/aromatic N) is 2. The van der Waals surface area contributed by atoms with E-state index in [1.807, 2.05) is 55.7 Å². The Balaban J connectivity index is 1.78. The minimum absolute atomic E-state index is 0.464. The predicted molar refractivity (Wildman–Crippen MR) is 95.2 cm³/mol. The van der Waals surface area contributed by atoms with Crippen LogP contribution in [0.4, 0.5) is 5.69 Å². The van der Waals surface area contributed by atoms with E-state index in [0.717, 1.165) is 22.7 Å². The van der Waals surface area contributed by atoms with Gasteiger partial charge in [0.1, 0.15) is 18.0 Å². The lowest BCUT2D eigenvalue weighted by Gasteiger charge is -2.12. The zero-order valence-electron chi connectivity index (χ0n) is 14.1. The van der Waals surface area contributed by atoms with Crippen LogP contribution in [0.3, 0.4) is 0 Å². The van der Waals surface area contributed by atoms with E-state index < -0.39 is 0 Å². The van der Waals surface area contributed by atoms with Crippen LogP contribution >= 0.6 is 0 Å². The van der Waals surface area contributed by atoms with E-state index in [2.05, 4.69) is 23.4 Å². The molecule has 0 unspecified atom stereocenters. The van der Waals surface area contributed by atoms with E-state index in [1.165, 1.54) is 5.56 Å². The fraction of sp³-hybridized carbons (Fsp3) is 0.211. The SMILES string of the molecule is CNc1cccc(C)c1COc1ccn(-c2ccccc2OC)n1. The van der Waals surface area contributed by atoms with E-state index in [1.54, 1.807) is 11.8 Å². The largest absolute Gasteiger partial charge is 0.494 e. The van der Waals surface area contributed by atoms with Crippen LogP contribution in [0.2, 0.25) is 0 Å². The van der Waals surface area contributed by atoms with Gasteiger partial charge in [0.25, 0.3) is 0 Å². The fourth-order valence-electron chi connectivity index (χ4n) is 2.61. The lowest BCUT2D eigenvalue weighted by Crippen LogP contribution is -2.04. The lowest BCUT2D eigenvalue weighted by atomic mass is 10.1. The maximum atomic E-state index is 5.88. The van der Waals surface area contributed by atoms with Gasteiger partial charge in [-0.2, -0.15) is 0 Å². The molecule has 0 saturated carbocycles.